The number of fused-ring (bicyclic) bond motifs is 2. The highest BCUT2D eigenvalue weighted by Gasteiger charge is 2.42. The van der Waals surface area contributed by atoms with E-state index in [4.69, 9.17) is 14.5 Å². The number of nitrogens with zero attached hydrogens (tertiary/aromatic N) is 8. The van der Waals surface area contributed by atoms with Crippen LogP contribution < -0.4 is 25.9 Å². The van der Waals surface area contributed by atoms with Gasteiger partial charge in [-0.15, -0.1) is 13.2 Å². The molecule has 7 aromatic rings. The smallest absolute Gasteiger partial charge is 0.443 e. The Labute approximate surface area is 398 Å². The molecule has 9 rings (SSSR count). The van der Waals surface area contributed by atoms with Crippen molar-refractivity contribution >= 4 is 46.5 Å². The number of carbonyl (C=O) groups excluding carboxylic acids is 2. The Morgan fingerprint density at radius 3 is 2.27 bits per heavy atom. The Morgan fingerprint density at radius 1 is 0.831 bits per heavy atom. The van der Waals surface area contributed by atoms with Crippen LogP contribution in [0.25, 0.3) is 22.3 Å². The average Bonchev–Trinajstić information content (AvgIpc) is 4.15. The third-order valence-corrected chi connectivity index (χ3v) is 11.8. The number of alkyl halides is 5. The molecular weight excluding hydrogens is 950 g/mol. The molecule has 0 aliphatic heterocycles. The monoisotopic (exact) mass is 997 g/mol. The standard InChI is InChI=1S/C45H47F7N14O5/c1-21(2)54-43(67)70-36-6-5-29(40(36)49)33-16-38(60-59-33)57-42-34-14-27(20-69-45(50,51)52)61-65(34)18-28(56-42)19-66-39(17-32(63-66)24-11-30(48)37(12-24)71-44(68)55-22(3)4)58-41-35-15-31(62-64(35)8-7-53-41)23-9-25(46)13-26(47)10-23/h7-10,13-18,21-22,24,29-30,36-37,40H,5-6,11-12,19-20H2,1-4H3,(H5,53,54,55,56,57,58,59,60,61,62,63,67,68)/p+1/t24-,29-,30+,36-,37-,40-/m0/s1. The van der Waals surface area contributed by atoms with Crippen LogP contribution in [0.1, 0.15) is 88.0 Å². The summed E-state index contributed by atoms with van der Waals surface area (Å²) in [5, 5.41) is 30.8. The van der Waals surface area contributed by atoms with E-state index in [1.807, 2.05) is 0 Å². The van der Waals surface area contributed by atoms with Gasteiger partial charge < -0.3 is 25.4 Å². The maximum atomic E-state index is 15.7. The van der Waals surface area contributed by atoms with Crippen LogP contribution in [0.2, 0.25) is 0 Å². The molecule has 6 heterocycles. The van der Waals surface area contributed by atoms with E-state index in [9.17, 15) is 31.5 Å². The van der Waals surface area contributed by atoms with E-state index in [1.54, 1.807) is 56.8 Å². The predicted octanol–water partition coefficient (Wildman–Crippen LogP) is 8.07. The fraction of sp³-hybridized carbons (Fsp3) is 0.422. The van der Waals surface area contributed by atoms with Gasteiger partial charge in [0.1, 0.15) is 59.5 Å². The molecule has 6 N–H and O–H groups in total. The normalized spacial score (nSPS) is 20.4. The summed E-state index contributed by atoms with van der Waals surface area (Å²) in [6.45, 7) is 5.98. The largest absolute Gasteiger partial charge is 0.522 e. The molecule has 26 heteroatoms. The lowest BCUT2D eigenvalue weighted by molar-refractivity contribution is -0.730. The lowest BCUT2D eigenvalue weighted by atomic mass is 10.0. The third kappa shape index (κ3) is 11.3. The summed E-state index contributed by atoms with van der Waals surface area (Å²) in [7, 11) is 0. The van der Waals surface area contributed by atoms with Crippen molar-refractivity contribution in [2.24, 2.45) is 0 Å². The van der Waals surface area contributed by atoms with E-state index in [1.165, 1.54) is 27.5 Å². The van der Waals surface area contributed by atoms with Crippen LogP contribution >= 0.6 is 0 Å². The molecule has 0 bridgehead atoms. The second-order valence-electron chi connectivity index (χ2n) is 18.0. The molecule has 6 aromatic heterocycles. The number of anilines is 4. The van der Waals surface area contributed by atoms with Crippen molar-refractivity contribution in [2.45, 2.75) is 121 Å². The van der Waals surface area contributed by atoms with Gasteiger partial charge in [0.2, 0.25) is 5.82 Å². The Bertz CT molecular complexity index is 3040. The number of aromatic amines is 2. The zero-order chi connectivity index (χ0) is 50.3. The summed E-state index contributed by atoms with van der Waals surface area (Å²) in [4.78, 5) is 34.1. The number of hydrogen-bond donors (Lipinski definition) is 6. The lowest BCUT2D eigenvalue weighted by Gasteiger charge is -2.18. The summed E-state index contributed by atoms with van der Waals surface area (Å²) >= 11 is 0. The van der Waals surface area contributed by atoms with Crippen LogP contribution in [0.3, 0.4) is 0 Å². The van der Waals surface area contributed by atoms with Gasteiger partial charge in [0, 0.05) is 59.7 Å². The molecule has 2 fully saturated rings. The number of ether oxygens (including phenoxy) is 3. The zero-order valence-electron chi connectivity index (χ0n) is 38.4. The van der Waals surface area contributed by atoms with Crippen molar-refractivity contribution in [1.82, 2.24) is 55.1 Å². The Morgan fingerprint density at radius 2 is 1.55 bits per heavy atom. The summed E-state index contributed by atoms with van der Waals surface area (Å²) < 4.78 is 118. The Kier molecular flexibility index (Phi) is 13.5. The van der Waals surface area contributed by atoms with Crippen molar-refractivity contribution < 1.29 is 59.2 Å². The number of amides is 2. The molecule has 6 atom stereocenters. The van der Waals surface area contributed by atoms with Crippen molar-refractivity contribution in [1.29, 1.82) is 0 Å². The molecule has 376 valence electrons. The zero-order valence-corrected chi connectivity index (χ0v) is 38.4. The first-order valence-electron chi connectivity index (χ1n) is 22.6. The fourth-order valence-corrected chi connectivity index (χ4v) is 8.76. The van der Waals surface area contributed by atoms with E-state index in [0.717, 1.165) is 18.2 Å². The van der Waals surface area contributed by atoms with E-state index < -0.39 is 73.2 Å². The molecule has 2 amide bonds. The SMILES string of the molecule is CC(C)NC(=O)O[C@H]1CC[C@@H](c2cc(Nc3nc(C[n+]4[nH]c([C@H]5C[C@@H](F)[C@@H](OC(=O)NC(C)C)C5)cc4Nc4nccn5nc(-c6cc(F)cc(F)c6)cc45)cn4nc(COC(F)(F)F)cc34)n[nH]2)[C@@H]1F. The minimum absolute atomic E-state index is 0.00522. The van der Waals surface area contributed by atoms with Gasteiger partial charge in [-0.05, 0) is 77.6 Å². The molecule has 2 aliphatic carbocycles. The van der Waals surface area contributed by atoms with Crippen LogP contribution in [-0.4, -0.2) is 99.7 Å². The number of rotatable bonds is 15. The summed E-state index contributed by atoms with van der Waals surface area (Å²) in [5.41, 5.74) is 2.16. The second-order valence-corrected chi connectivity index (χ2v) is 18.0. The van der Waals surface area contributed by atoms with Gasteiger partial charge in [0.05, 0.1) is 29.3 Å². The summed E-state index contributed by atoms with van der Waals surface area (Å²) in [6.07, 6.45) is -6.31. The van der Waals surface area contributed by atoms with Gasteiger partial charge >= 0.3 is 24.4 Å². The molecule has 71 heavy (non-hydrogen) atoms. The molecule has 2 aliphatic rings. The molecule has 0 radical (unpaired) electrons. The first kappa shape index (κ1) is 48.5. The molecule has 0 unspecified atom stereocenters. The van der Waals surface area contributed by atoms with Gasteiger partial charge in [-0.3, -0.25) is 9.84 Å². The van der Waals surface area contributed by atoms with Crippen LogP contribution in [0.15, 0.2) is 61.1 Å². The van der Waals surface area contributed by atoms with Gasteiger partial charge in [0.15, 0.2) is 18.2 Å². The number of hydrogen-bond acceptors (Lipinski definition) is 12. The molecule has 0 spiro atoms. The van der Waals surface area contributed by atoms with E-state index >= 15 is 8.78 Å². The molecule has 1 aromatic carbocycles. The van der Waals surface area contributed by atoms with Gasteiger partial charge in [-0.1, -0.05) is 0 Å². The molecule has 0 saturated heterocycles. The van der Waals surface area contributed by atoms with E-state index in [-0.39, 0.29) is 83.5 Å². The minimum atomic E-state index is -4.95. The first-order valence-corrected chi connectivity index (χ1v) is 22.6. The lowest BCUT2D eigenvalue weighted by Crippen LogP contribution is -2.39. The maximum Gasteiger partial charge on any atom is 0.522 e. The second kappa shape index (κ2) is 19.7. The third-order valence-electron chi connectivity index (χ3n) is 11.8. The number of aromatic nitrogens is 10. The van der Waals surface area contributed by atoms with Crippen molar-refractivity contribution in [2.75, 3.05) is 10.6 Å². The molecule has 2 saturated carbocycles. The van der Waals surface area contributed by atoms with Gasteiger partial charge in [-0.25, -0.2) is 56.6 Å². The first-order chi connectivity index (χ1) is 33.8. The van der Waals surface area contributed by atoms with Gasteiger partial charge in [0.25, 0.3) is 0 Å². The highest BCUT2D eigenvalue weighted by atomic mass is 19.4. The van der Waals surface area contributed by atoms with Crippen molar-refractivity contribution in [3.63, 3.8) is 0 Å². The average molecular weight is 998 g/mol. The van der Waals surface area contributed by atoms with Crippen molar-refractivity contribution in [3.05, 3.63) is 95.5 Å². The number of benzene rings is 1. The number of alkyl carbamates (subject to hydrolysis) is 2. The van der Waals surface area contributed by atoms with Crippen LogP contribution in [0.4, 0.5) is 63.6 Å². The molecule has 19 nitrogen and oxygen atoms in total. The number of H-pyrrole nitrogens is 2. The Hall–Kier alpha value is -7.51. The molecular formula is C45H48F7N14O5+. The number of nitrogens with one attached hydrogen (secondary N) is 6. The van der Waals surface area contributed by atoms with Crippen molar-refractivity contribution in [3.8, 4) is 11.3 Å². The van der Waals surface area contributed by atoms with Crippen LogP contribution in [-0.2, 0) is 27.4 Å². The number of carbonyl (C=O) groups is 2. The summed E-state index contributed by atoms with van der Waals surface area (Å²) in [5.74, 6) is -1.91. The van der Waals surface area contributed by atoms with Crippen LogP contribution in [0.5, 0.6) is 0 Å². The highest BCUT2D eigenvalue weighted by molar-refractivity contribution is 5.77. The maximum absolute atomic E-state index is 15.7. The fourth-order valence-electron chi connectivity index (χ4n) is 8.76. The topological polar surface area (TPSA) is 219 Å². The highest BCUT2D eigenvalue weighted by Crippen LogP contribution is 2.40. The van der Waals surface area contributed by atoms with Gasteiger partial charge in [-0.2, -0.15) is 20.0 Å². The number of halogens is 7. The van der Waals surface area contributed by atoms with E-state index in [0.29, 0.717) is 29.1 Å². The quantitative estimate of drug-likeness (QED) is 0.0425. The predicted molar refractivity (Wildman–Crippen MR) is 238 cm³/mol. The van der Waals surface area contributed by atoms with Crippen LogP contribution in [0, 0.1) is 11.6 Å². The van der Waals surface area contributed by atoms with E-state index in [2.05, 4.69) is 56.5 Å². The Balaban J connectivity index is 1.05. The minimum Gasteiger partial charge on any atom is -0.443 e. The summed E-state index contributed by atoms with van der Waals surface area (Å²) in [6, 6.07) is 8.79.